The van der Waals surface area contributed by atoms with Crippen molar-refractivity contribution < 1.29 is 18.3 Å². The smallest absolute Gasteiger partial charge is 0.419 e. The van der Waals surface area contributed by atoms with E-state index < -0.39 is 17.5 Å². The zero-order chi connectivity index (χ0) is 23.8. The molecule has 0 aliphatic carbocycles. The number of anilines is 1. The third kappa shape index (κ3) is 4.05. The van der Waals surface area contributed by atoms with Crippen LogP contribution >= 0.6 is 11.6 Å². The number of para-hydroxylation sites is 1. The average Bonchev–Trinajstić information content (AvgIpc) is 2.82. The Morgan fingerprint density at radius 1 is 1.12 bits per heavy atom. The predicted octanol–water partition coefficient (Wildman–Crippen LogP) is 6.44. The minimum atomic E-state index is -0.585. The number of rotatable bonds is 3. The van der Waals surface area contributed by atoms with Crippen molar-refractivity contribution >= 4 is 34.4 Å². The standard InChI is InChI=1S/C27H21ClFNO4/c1-16-19-12-11-18(33-27(32)30-13-5-7-17-6-2-3-10-24(17)30)14-25(19)34-26(31)20(16)15-21-22(28)8-4-9-23(21)29/h2-4,6,8-12,14H,5,7,13,15H2,1H3. The summed E-state index contributed by atoms with van der Waals surface area (Å²) in [7, 11) is 0. The van der Waals surface area contributed by atoms with Gasteiger partial charge in [0.1, 0.15) is 17.1 Å². The molecular weight excluding hydrogens is 457 g/mol. The van der Waals surface area contributed by atoms with E-state index in [1.54, 1.807) is 30.0 Å². The van der Waals surface area contributed by atoms with Crippen LogP contribution < -0.4 is 15.3 Å². The Bertz CT molecular complexity index is 1460. The van der Waals surface area contributed by atoms with Gasteiger partial charge in [0.15, 0.2) is 0 Å². The van der Waals surface area contributed by atoms with Gasteiger partial charge in [-0.15, -0.1) is 0 Å². The summed E-state index contributed by atoms with van der Waals surface area (Å²) in [6.45, 7) is 2.35. The van der Waals surface area contributed by atoms with Crippen LogP contribution in [0.2, 0.25) is 5.02 Å². The van der Waals surface area contributed by atoms with E-state index >= 15 is 0 Å². The summed E-state index contributed by atoms with van der Waals surface area (Å²) < 4.78 is 25.4. The van der Waals surface area contributed by atoms with Crippen molar-refractivity contribution in [3.8, 4) is 5.75 Å². The SMILES string of the molecule is Cc1c(Cc2c(F)cccc2Cl)c(=O)oc2cc(OC(=O)N3CCCc4ccccc43)ccc12. The average molecular weight is 478 g/mol. The molecule has 0 bridgehead atoms. The van der Waals surface area contributed by atoms with E-state index in [1.807, 2.05) is 24.3 Å². The minimum absolute atomic E-state index is 0.0146. The first-order valence-corrected chi connectivity index (χ1v) is 11.4. The molecule has 5 nitrogen and oxygen atoms in total. The number of hydrogen-bond donors (Lipinski definition) is 0. The van der Waals surface area contributed by atoms with Crippen LogP contribution in [0.25, 0.3) is 11.0 Å². The maximum absolute atomic E-state index is 14.3. The largest absolute Gasteiger partial charge is 0.422 e. The van der Waals surface area contributed by atoms with Crippen molar-refractivity contribution in [2.24, 2.45) is 0 Å². The van der Waals surface area contributed by atoms with Crippen molar-refractivity contribution in [1.29, 1.82) is 0 Å². The van der Waals surface area contributed by atoms with Gasteiger partial charge in [0.25, 0.3) is 0 Å². The first-order valence-electron chi connectivity index (χ1n) is 11.0. The van der Waals surface area contributed by atoms with Crippen LogP contribution in [0.15, 0.2) is 69.9 Å². The number of amides is 1. The molecular formula is C27H21ClFNO4. The number of nitrogens with zero attached hydrogens (tertiary/aromatic N) is 1. The highest BCUT2D eigenvalue weighted by Gasteiger charge is 2.24. The Hall–Kier alpha value is -3.64. The van der Waals surface area contributed by atoms with Gasteiger partial charge in [-0.25, -0.2) is 14.0 Å². The van der Waals surface area contributed by atoms with Crippen molar-refractivity contribution in [2.75, 3.05) is 11.4 Å². The van der Waals surface area contributed by atoms with E-state index in [4.69, 9.17) is 20.8 Å². The van der Waals surface area contributed by atoms with Gasteiger partial charge in [0.05, 0.1) is 5.69 Å². The molecule has 5 rings (SSSR count). The lowest BCUT2D eigenvalue weighted by Gasteiger charge is -2.28. The van der Waals surface area contributed by atoms with Crippen LogP contribution in [0, 0.1) is 12.7 Å². The lowest BCUT2D eigenvalue weighted by Crippen LogP contribution is -2.37. The second-order valence-corrected chi connectivity index (χ2v) is 8.69. The molecule has 1 aliphatic rings. The Labute approximate surface area is 200 Å². The Morgan fingerprint density at radius 3 is 2.76 bits per heavy atom. The molecule has 0 saturated carbocycles. The quantitative estimate of drug-likeness (QED) is 0.319. The van der Waals surface area contributed by atoms with Gasteiger partial charge in [-0.3, -0.25) is 4.90 Å². The summed E-state index contributed by atoms with van der Waals surface area (Å²) >= 11 is 6.14. The molecule has 3 aromatic carbocycles. The molecule has 2 heterocycles. The Balaban J connectivity index is 1.44. The number of carbonyl (C=O) groups is 1. The number of carbonyl (C=O) groups excluding carboxylic acids is 1. The van der Waals surface area contributed by atoms with E-state index in [0.29, 0.717) is 23.1 Å². The highest BCUT2D eigenvalue weighted by atomic mass is 35.5. The molecule has 7 heteroatoms. The molecule has 0 N–H and O–H groups in total. The van der Waals surface area contributed by atoms with Gasteiger partial charge >= 0.3 is 11.7 Å². The number of ether oxygens (including phenoxy) is 1. The zero-order valence-corrected chi connectivity index (χ0v) is 19.2. The van der Waals surface area contributed by atoms with Gasteiger partial charge in [-0.2, -0.15) is 0 Å². The van der Waals surface area contributed by atoms with Crippen LogP contribution in [0.4, 0.5) is 14.9 Å². The van der Waals surface area contributed by atoms with Gasteiger partial charge in [0, 0.05) is 40.6 Å². The number of hydrogen-bond acceptors (Lipinski definition) is 4. The fourth-order valence-electron chi connectivity index (χ4n) is 4.40. The number of aryl methyl sites for hydroxylation is 2. The normalized spacial score (nSPS) is 13.1. The minimum Gasteiger partial charge on any atom is -0.422 e. The molecule has 0 radical (unpaired) electrons. The molecule has 4 aromatic rings. The van der Waals surface area contributed by atoms with E-state index in [1.165, 1.54) is 18.2 Å². The van der Waals surface area contributed by atoms with Crippen LogP contribution in [0.5, 0.6) is 5.75 Å². The van der Waals surface area contributed by atoms with E-state index in [9.17, 15) is 14.0 Å². The van der Waals surface area contributed by atoms with E-state index in [-0.39, 0.29) is 28.3 Å². The zero-order valence-electron chi connectivity index (χ0n) is 18.4. The summed E-state index contributed by atoms with van der Waals surface area (Å²) in [5, 5.41) is 0.922. The topological polar surface area (TPSA) is 59.8 Å². The van der Waals surface area contributed by atoms with Crippen LogP contribution in [0.3, 0.4) is 0 Å². The fourth-order valence-corrected chi connectivity index (χ4v) is 4.63. The molecule has 0 spiro atoms. The molecule has 1 aliphatic heterocycles. The molecule has 0 unspecified atom stereocenters. The van der Waals surface area contributed by atoms with Gasteiger partial charge in [-0.1, -0.05) is 35.9 Å². The molecule has 0 atom stereocenters. The monoisotopic (exact) mass is 477 g/mol. The Morgan fingerprint density at radius 2 is 1.94 bits per heavy atom. The number of benzene rings is 3. The summed E-state index contributed by atoms with van der Waals surface area (Å²) in [5.74, 6) is -0.207. The lowest BCUT2D eigenvalue weighted by molar-refractivity contribution is 0.207. The summed E-state index contributed by atoms with van der Waals surface area (Å²) in [6, 6.07) is 17.1. The van der Waals surface area contributed by atoms with Gasteiger partial charge < -0.3 is 9.15 Å². The first kappa shape index (κ1) is 22.2. The third-order valence-corrected chi connectivity index (χ3v) is 6.56. The van der Waals surface area contributed by atoms with Crippen LogP contribution in [-0.2, 0) is 12.8 Å². The maximum Gasteiger partial charge on any atom is 0.419 e. The summed E-state index contributed by atoms with van der Waals surface area (Å²) in [4.78, 5) is 27.3. The summed E-state index contributed by atoms with van der Waals surface area (Å²) in [5.41, 5.74) is 2.88. The first-order chi connectivity index (χ1) is 16.4. The van der Waals surface area contributed by atoms with E-state index in [2.05, 4.69) is 0 Å². The van der Waals surface area contributed by atoms with Crippen LogP contribution in [0.1, 0.15) is 28.7 Å². The molecule has 34 heavy (non-hydrogen) atoms. The van der Waals surface area contributed by atoms with Crippen molar-refractivity contribution in [2.45, 2.75) is 26.2 Å². The molecule has 0 fully saturated rings. The van der Waals surface area contributed by atoms with Crippen molar-refractivity contribution in [3.05, 3.63) is 104 Å². The second-order valence-electron chi connectivity index (χ2n) is 8.28. The van der Waals surface area contributed by atoms with Crippen LogP contribution in [-0.4, -0.2) is 12.6 Å². The number of halogens is 2. The predicted molar refractivity (Wildman–Crippen MR) is 130 cm³/mol. The van der Waals surface area contributed by atoms with Gasteiger partial charge in [-0.05, 0) is 61.2 Å². The second kappa shape index (κ2) is 8.95. The Kier molecular flexibility index (Phi) is 5.84. The highest BCUT2D eigenvalue weighted by molar-refractivity contribution is 6.31. The third-order valence-electron chi connectivity index (χ3n) is 6.21. The molecule has 1 amide bonds. The molecule has 1 aromatic heterocycles. The highest BCUT2D eigenvalue weighted by Crippen LogP contribution is 2.30. The van der Waals surface area contributed by atoms with E-state index in [0.717, 1.165) is 24.1 Å². The fraction of sp³-hybridized carbons (Fsp3) is 0.185. The molecule has 0 saturated heterocycles. The van der Waals surface area contributed by atoms with Crippen molar-refractivity contribution in [1.82, 2.24) is 0 Å². The van der Waals surface area contributed by atoms with Gasteiger partial charge in [0.2, 0.25) is 0 Å². The van der Waals surface area contributed by atoms with Crippen molar-refractivity contribution in [3.63, 3.8) is 0 Å². The summed E-state index contributed by atoms with van der Waals surface area (Å²) in [6.07, 6.45) is 1.30. The maximum atomic E-state index is 14.3. The molecule has 172 valence electrons. The lowest BCUT2D eigenvalue weighted by atomic mass is 9.99. The number of fused-ring (bicyclic) bond motifs is 2.